The number of hydrogen-bond acceptors (Lipinski definition) is 2. The van der Waals surface area contributed by atoms with Gasteiger partial charge in [0.05, 0.1) is 28.5 Å². The third-order valence-corrected chi connectivity index (χ3v) is 6.78. The van der Waals surface area contributed by atoms with Crippen molar-refractivity contribution in [2.75, 3.05) is 6.54 Å². The minimum atomic E-state index is -0.0137. The first-order valence-electron chi connectivity index (χ1n) is 10.5. The zero-order chi connectivity index (χ0) is 22.1. The lowest BCUT2D eigenvalue weighted by atomic mass is 9.96. The third-order valence-electron chi connectivity index (χ3n) is 5.89. The fourth-order valence-electron chi connectivity index (χ4n) is 4.43. The first-order valence-corrected chi connectivity index (χ1v) is 11.7. The summed E-state index contributed by atoms with van der Waals surface area (Å²) in [4.78, 5) is 6.95. The molecule has 1 aliphatic heterocycles. The predicted octanol–water partition coefficient (Wildman–Crippen LogP) is 6.57. The van der Waals surface area contributed by atoms with Crippen LogP contribution in [-0.2, 0) is 0 Å². The van der Waals surface area contributed by atoms with Crippen LogP contribution in [0.2, 0.25) is 10.0 Å². The summed E-state index contributed by atoms with van der Waals surface area (Å²) in [5.41, 5.74) is 5.39. The maximum absolute atomic E-state index is 6.56. The standard InChI is InChI=1S/C24H26Cl2N4S/c1-4-5-12-29-23(22(28-24(29)31)20-8-6-7-11-27-20)18-13-15(2)30(16(18)3)21-10-9-17(25)14-19(21)26/h6-11,13-14,22-23H,4-5,12H2,1-3H3,(H,28,31)/t22-,23-/m1/s1. The fourth-order valence-corrected chi connectivity index (χ4v) is 5.26. The molecule has 7 heteroatoms. The molecule has 0 spiro atoms. The SMILES string of the molecule is CCCCN1C(=S)N[C@H](c2ccccn2)[C@H]1c1cc(C)n(-c2ccc(Cl)cc2Cl)c1C. The summed E-state index contributed by atoms with van der Waals surface area (Å²) in [7, 11) is 0. The second-order valence-corrected chi connectivity index (χ2v) is 9.16. The molecule has 4 rings (SSSR count). The predicted molar refractivity (Wildman–Crippen MR) is 132 cm³/mol. The minimum absolute atomic E-state index is 0.0137. The van der Waals surface area contributed by atoms with E-state index < -0.39 is 0 Å². The summed E-state index contributed by atoms with van der Waals surface area (Å²) in [5, 5.41) is 5.57. The highest BCUT2D eigenvalue weighted by atomic mass is 35.5. The molecule has 0 amide bonds. The minimum Gasteiger partial charge on any atom is -0.352 e. The molecule has 162 valence electrons. The van der Waals surface area contributed by atoms with Crippen LogP contribution in [0.1, 0.15) is 54.5 Å². The van der Waals surface area contributed by atoms with E-state index in [1.165, 1.54) is 5.56 Å². The van der Waals surface area contributed by atoms with Crippen molar-refractivity contribution in [1.82, 2.24) is 19.8 Å². The van der Waals surface area contributed by atoms with E-state index >= 15 is 0 Å². The Bertz CT molecular complexity index is 1100. The second kappa shape index (κ2) is 9.19. The van der Waals surface area contributed by atoms with Crippen LogP contribution in [0.4, 0.5) is 0 Å². The van der Waals surface area contributed by atoms with Gasteiger partial charge in [0, 0.05) is 29.2 Å². The molecule has 1 aromatic carbocycles. The van der Waals surface area contributed by atoms with Gasteiger partial charge >= 0.3 is 0 Å². The van der Waals surface area contributed by atoms with Crippen molar-refractivity contribution in [3.63, 3.8) is 0 Å². The van der Waals surface area contributed by atoms with E-state index in [-0.39, 0.29) is 12.1 Å². The molecule has 2 aromatic heterocycles. The van der Waals surface area contributed by atoms with Gasteiger partial charge in [0.15, 0.2) is 5.11 Å². The van der Waals surface area contributed by atoms with Gasteiger partial charge in [-0.05, 0) is 74.4 Å². The van der Waals surface area contributed by atoms with Gasteiger partial charge in [0.2, 0.25) is 0 Å². The molecule has 0 radical (unpaired) electrons. The van der Waals surface area contributed by atoms with E-state index in [1.807, 2.05) is 30.5 Å². The molecule has 1 saturated heterocycles. The van der Waals surface area contributed by atoms with Crippen LogP contribution < -0.4 is 5.32 Å². The molecule has 1 aliphatic rings. The van der Waals surface area contributed by atoms with Crippen LogP contribution in [0.5, 0.6) is 0 Å². The molecule has 2 atom stereocenters. The Labute approximate surface area is 199 Å². The summed E-state index contributed by atoms with van der Waals surface area (Å²) >= 11 is 18.5. The van der Waals surface area contributed by atoms with Gasteiger partial charge in [-0.1, -0.05) is 42.6 Å². The Kier molecular flexibility index (Phi) is 6.56. The molecule has 0 aliphatic carbocycles. The van der Waals surface area contributed by atoms with Crippen LogP contribution in [0, 0.1) is 13.8 Å². The molecular weight excluding hydrogens is 447 g/mol. The monoisotopic (exact) mass is 472 g/mol. The topological polar surface area (TPSA) is 33.1 Å². The van der Waals surface area contributed by atoms with Crippen LogP contribution in [0.25, 0.3) is 5.69 Å². The van der Waals surface area contributed by atoms with Gasteiger partial charge in [-0.25, -0.2) is 0 Å². The van der Waals surface area contributed by atoms with E-state index in [0.29, 0.717) is 10.0 Å². The molecule has 0 saturated carbocycles. The Morgan fingerprint density at radius 2 is 1.94 bits per heavy atom. The van der Waals surface area contributed by atoms with E-state index in [1.54, 1.807) is 6.07 Å². The first-order chi connectivity index (χ1) is 14.9. The third kappa shape index (κ3) is 4.19. The van der Waals surface area contributed by atoms with Crippen molar-refractivity contribution in [3.8, 4) is 5.69 Å². The van der Waals surface area contributed by atoms with Crippen molar-refractivity contribution in [2.24, 2.45) is 0 Å². The van der Waals surface area contributed by atoms with Crippen LogP contribution in [0.15, 0.2) is 48.7 Å². The van der Waals surface area contributed by atoms with Crippen molar-refractivity contribution in [3.05, 3.63) is 81.4 Å². The number of aryl methyl sites for hydroxylation is 1. The maximum Gasteiger partial charge on any atom is 0.170 e. The van der Waals surface area contributed by atoms with Gasteiger partial charge in [-0.2, -0.15) is 0 Å². The van der Waals surface area contributed by atoms with E-state index in [4.69, 9.17) is 35.4 Å². The number of rotatable bonds is 6. The number of pyridine rings is 1. The first kappa shape index (κ1) is 22.1. The molecular formula is C24H26Cl2N4S. The number of unbranched alkanes of at least 4 members (excludes halogenated alkanes) is 1. The van der Waals surface area contributed by atoms with Crippen molar-refractivity contribution in [1.29, 1.82) is 0 Å². The van der Waals surface area contributed by atoms with Crippen LogP contribution >= 0.6 is 35.4 Å². The quantitative estimate of drug-likeness (QED) is 0.411. The largest absolute Gasteiger partial charge is 0.352 e. The van der Waals surface area contributed by atoms with Gasteiger partial charge in [0.25, 0.3) is 0 Å². The second-order valence-electron chi connectivity index (χ2n) is 7.93. The van der Waals surface area contributed by atoms with Gasteiger partial charge in [-0.15, -0.1) is 0 Å². The summed E-state index contributed by atoms with van der Waals surface area (Å²) in [6, 6.07) is 13.9. The molecule has 3 heterocycles. The van der Waals surface area contributed by atoms with Gasteiger partial charge in [0.1, 0.15) is 0 Å². The Morgan fingerprint density at radius 3 is 2.61 bits per heavy atom. The molecule has 0 unspecified atom stereocenters. The highest BCUT2D eigenvalue weighted by Crippen LogP contribution is 2.42. The molecule has 1 fully saturated rings. The van der Waals surface area contributed by atoms with Gasteiger partial charge < -0.3 is 14.8 Å². The lowest BCUT2D eigenvalue weighted by Gasteiger charge is -2.28. The number of nitrogens with zero attached hydrogens (tertiary/aromatic N) is 3. The summed E-state index contributed by atoms with van der Waals surface area (Å²) < 4.78 is 2.20. The highest BCUT2D eigenvalue weighted by Gasteiger charge is 2.41. The Balaban J connectivity index is 1.83. The molecule has 0 bridgehead atoms. The molecule has 3 aromatic rings. The average molecular weight is 473 g/mol. The number of aromatic nitrogens is 2. The fraction of sp³-hybridized carbons (Fsp3) is 0.333. The van der Waals surface area contributed by atoms with E-state index in [0.717, 1.165) is 47.3 Å². The highest BCUT2D eigenvalue weighted by molar-refractivity contribution is 7.80. The smallest absolute Gasteiger partial charge is 0.170 e. The van der Waals surface area contributed by atoms with Crippen LogP contribution in [-0.4, -0.2) is 26.1 Å². The van der Waals surface area contributed by atoms with Crippen molar-refractivity contribution >= 4 is 40.5 Å². The number of benzene rings is 1. The Hall–Kier alpha value is -2.08. The average Bonchev–Trinajstić information content (AvgIpc) is 3.23. The van der Waals surface area contributed by atoms with Crippen LogP contribution in [0.3, 0.4) is 0 Å². The number of thiocarbonyl (C=S) groups is 1. The summed E-state index contributed by atoms with van der Waals surface area (Å²) in [6.45, 7) is 7.35. The van der Waals surface area contributed by atoms with Crippen molar-refractivity contribution < 1.29 is 0 Å². The summed E-state index contributed by atoms with van der Waals surface area (Å²) in [5.74, 6) is 0. The molecule has 4 nitrogen and oxygen atoms in total. The lowest BCUT2D eigenvalue weighted by Crippen LogP contribution is -2.30. The maximum atomic E-state index is 6.56. The number of nitrogens with one attached hydrogen (secondary N) is 1. The molecule has 31 heavy (non-hydrogen) atoms. The van der Waals surface area contributed by atoms with Crippen molar-refractivity contribution in [2.45, 2.75) is 45.7 Å². The lowest BCUT2D eigenvalue weighted by molar-refractivity contribution is 0.312. The normalized spacial score (nSPS) is 18.5. The summed E-state index contributed by atoms with van der Waals surface area (Å²) in [6.07, 6.45) is 4.02. The number of hydrogen-bond donors (Lipinski definition) is 1. The zero-order valence-electron chi connectivity index (χ0n) is 17.9. The zero-order valence-corrected chi connectivity index (χ0v) is 20.2. The van der Waals surface area contributed by atoms with E-state index in [9.17, 15) is 0 Å². The van der Waals surface area contributed by atoms with E-state index in [2.05, 4.69) is 52.7 Å². The van der Waals surface area contributed by atoms with Gasteiger partial charge in [-0.3, -0.25) is 4.98 Å². The molecule has 1 N–H and O–H groups in total. The Morgan fingerprint density at radius 1 is 1.13 bits per heavy atom. The number of halogens is 2.